The molecule has 1 amide bonds. The number of carbonyl (C=O) groups is 2. The van der Waals surface area contributed by atoms with Gasteiger partial charge in [0.05, 0.1) is 17.8 Å². The molecule has 0 radical (unpaired) electrons. The number of esters is 1. The first-order chi connectivity index (χ1) is 12.0. The summed E-state index contributed by atoms with van der Waals surface area (Å²) in [7, 11) is 3.11. The third-order valence-electron chi connectivity index (χ3n) is 3.60. The number of thioether (sulfide) groups is 1. The summed E-state index contributed by atoms with van der Waals surface area (Å²) >= 11 is 3.36. The zero-order valence-electron chi connectivity index (χ0n) is 14.7. The number of ether oxygens (including phenoxy) is 1. The second-order valence-electron chi connectivity index (χ2n) is 5.58. The number of rotatable bonds is 8. The maximum atomic E-state index is 12.4. The number of hydrogen-bond acceptors (Lipinski definition) is 6. The minimum Gasteiger partial charge on any atom is -0.469 e. The molecule has 1 aromatic heterocycles. The Labute approximate surface area is 156 Å². The van der Waals surface area contributed by atoms with Gasteiger partial charge in [-0.25, -0.2) is 4.98 Å². The molecular formula is C18H22N2O3S2. The molecular weight excluding hydrogens is 356 g/mol. The fourth-order valence-corrected chi connectivity index (χ4v) is 3.72. The lowest BCUT2D eigenvalue weighted by Crippen LogP contribution is -2.28. The van der Waals surface area contributed by atoms with Gasteiger partial charge in [-0.05, 0) is 37.6 Å². The highest BCUT2D eigenvalue weighted by molar-refractivity contribution is 7.98. The Morgan fingerprint density at radius 3 is 2.60 bits per heavy atom. The largest absolute Gasteiger partial charge is 0.469 e. The minimum absolute atomic E-state index is 0.0449. The fraction of sp³-hybridized carbons (Fsp3) is 0.389. The molecule has 1 aromatic carbocycles. The van der Waals surface area contributed by atoms with Crippen molar-refractivity contribution in [3.8, 4) is 0 Å². The molecule has 0 bridgehead atoms. The third kappa shape index (κ3) is 6.17. The van der Waals surface area contributed by atoms with Crippen molar-refractivity contribution < 1.29 is 14.3 Å². The smallest absolute Gasteiger partial charge is 0.305 e. The molecule has 0 aliphatic carbocycles. The Kier molecular flexibility index (Phi) is 7.46. The lowest BCUT2D eigenvalue weighted by Gasteiger charge is -2.17. The maximum Gasteiger partial charge on any atom is 0.305 e. The Bertz CT molecular complexity index is 713. The van der Waals surface area contributed by atoms with E-state index >= 15 is 0 Å². The van der Waals surface area contributed by atoms with Gasteiger partial charge >= 0.3 is 5.97 Å². The number of amides is 1. The second kappa shape index (κ2) is 9.58. The van der Waals surface area contributed by atoms with E-state index in [2.05, 4.69) is 15.1 Å². The van der Waals surface area contributed by atoms with Crippen LogP contribution in [0.5, 0.6) is 0 Å². The predicted molar refractivity (Wildman–Crippen MR) is 101 cm³/mol. The van der Waals surface area contributed by atoms with Crippen molar-refractivity contribution in [1.82, 2.24) is 9.88 Å². The SMILES string of the molecule is COC(=O)CCCN(C)C(=O)c1ccc(SCc2csc(C)n2)cc1. The number of aryl methyl sites for hydroxylation is 1. The fourth-order valence-electron chi connectivity index (χ4n) is 2.21. The number of aromatic nitrogens is 1. The van der Waals surface area contributed by atoms with Gasteiger partial charge in [0.1, 0.15) is 0 Å². The average molecular weight is 379 g/mol. The van der Waals surface area contributed by atoms with Gasteiger partial charge in [0.2, 0.25) is 0 Å². The molecule has 0 unspecified atom stereocenters. The second-order valence-corrected chi connectivity index (χ2v) is 7.69. The van der Waals surface area contributed by atoms with Crippen LogP contribution in [0.3, 0.4) is 0 Å². The summed E-state index contributed by atoms with van der Waals surface area (Å²) in [6.45, 7) is 2.52. The van der Waals surface area contributed by atoms with Gasteiger partial charge < -0.3 is 9.64 Å². The summed E-state index contributed by atoms with van der Waals surface area (Å²) < 4.78 is 4.60. The van der Waals surface area contributed by atoms with Crippen LogP contribution < -0.4 is 0 Å². The van der Waals surface area contributed by atoms with Crippen molar-refractivity contribution in [1.29, 1.82) is 0 Å². The number of nitrogens with zero attached hydrogens (tertiary/aromatic N) is 2. The Balaban J connectivity index is 1.83. The summed E-state index contributed by atoms with van der Waals surface area (Å²) in [5, 5.41) is 3.15. The lowest BCUT2D eigenvalue weighted by atomic mass is 10.2. The summed E-state index contributed by atoms with van der Waals surface area (Å²) in [4.78, 5) is 30.7. The summed E-state index contributed by atoms with van der Waals surface area (Å²) in [5.41, 5.74) is 1.73. The highest BCUT2D eigenvalue weighted by Gasteiger charge is 2.12. The van der Waals surface area contributed by atoms with E-state index in [1.807, 2.05) is 31.2 Å². The molecule has 0 spiro atoms. The molecule has 134 valence electrons. The molecule has 0 N–H and O–H groups in total. The van der Waals surface area contributed by atoms with Gasteiger partial charge in [0, 0.05) is 41.6 Å². The lowest BCUT2D eigenvalue weighted by molar-refractivity contribution is -0.140. The van der Waals surface area contributed by atoms with E-state index in [1.54, 1.807) is 35.0 Å². The van der Waals surface area contributed by atoms with Crippen molar-refractivity contribution in [2.75, 3.05) is 20.7 Å². The molecule has 1 heterocycles. The first-order valence-electron chi connectivity index (χ1n) is 7.95. The molecule has 0 atom stereocenters. The van der Waals surface area contributed by atoms with E-state index in [9.17, 15) is 9.59 Å². The van der Waals surface area contributed by atoms with Crippen LogP contribution in [0.2, 0.25) is 0 Å². The van der Waals surface area contributed by atoms with E-state index in [4.69, 9.17) is 0 Å². The van der Waals surface area contributed by atoms with Gasteiger partial charge in [-0.3, -0.25) is 9.59 Å². The zero-order chi connectivity index (χ0) is 18.2. The van der Waals surface area contributed by atoms with Crippen molar-refractivity contribution >= 4 is 35.0 Å². The minimum atomic E-state index is -0.252. The first kappa shape index (κ1) is 19.5. The van der Waals surface area contributed by atoms with Gasteiger partial charge in [-0.2, -0.15) is 0 Å². The number of thiazole rings is 1. The molecule has 7 heteroatoms. The van der Waals surface area contributed by atoms with Crippen LogP contribution in [0.25, 0.3) is 0 Å². The molecule has 0 aliphatic rings. The Morgan fingerprint density at radius 2 is 2.00 bits per heavy atom. The highest BCUT2D eigenvalue weighted by Crippen LogP contribution is 2.24. The third-order valence-corrected chi connectivity index (χ3v) is 5.47. The Hall–Kier alpha value is -1.86. The maximum absolute atomic E-state index is 12.4. The van der Waals surface area contributed by atoms with E-state index in [0.717, 1.165) is 21.3 Å². The highest BCUT2D eigenvalue weighted by atomic mass is 32.2. The van der Waals surface area contributed by atoms with Crippen LogP contribution in [0.1, 0.15) is 33.9 Å². The van der Waals surface area contributed by atoms with Gasteiger partial charge in [0.15, 0.2) is 0 Å². The number of methoxy groups -OCH3 is 1. The number of carbonyl (C=O) groups excluding carboxylic acids is 2. The van der Waals surface area contributed by atoms with E-state index in [0.29, 0.717) is 24.9 Å². The monoisotopic (exact) mass is 378 g/mol. The van der Waals surface area contributed by atoms with Crippen LogP contribution >= 0.6 is 23.1 Å². The summed E-state index contributed by atoms with van der Waals surface area (Å²) in [6.07, 6.45) is 0.912. The zero-order valence-corrected chi connectivity index (χ0v) is 16.3. The molecule has 0 saturated carbocycles. The molecule has 0 aliphatic heterocycles. The average Bonchev–Trinajstić information content (AvgIpc) is 3.04. The molecule has 2 rings (SSSR count). The van der Waals surface area contributed by atoms with E-state index in [1.165, 1.54) is 7.11 Å². The van der Waals surface area contributed by atoms with E-state index < -0.39 is 0 Å². The van der Waals surface area contributed by atoms with Crippen LogP contribution in [0.4, 0.5) is 0 Å². The molecule has 0 fully saturated rings. The van der Waals surface area contributed by atoms with Crippen molar-refractivity contribution in [2.24, 2.45) is 0 Å². The van der Waals surface area contributed by atoms with Crippen LogP contribution in [0, 0.1) is 6.92 Å². The van der Waals surface area contributed by atoms with Crippen LogP contribution in [-0.4, -0.2) is 42.5 Å². The molecule has 25 heavy (non-hydrogen) atoms. The normalized spacial score (nSPS) is 10.5. The summed E-state index contributed by atoms with van der Waals surface area (Å²) in [6, 6.07) is 7.60. The molecule has 0 saturated heterocycles. The molecule has 5 nitrogen and oxygen atoms in total. The van der Waals surface area contributed by atoms with Crippen molar-refractivity contribution in [3.05, 3.63) is 45.9 Å². The van der Waals surface area contributed by atoms with E-state index in [-0.39, 0.29) is 11.9 Å². The summed E-state index contributed by atoms with van der Waals surface area (Å²) in [5.74, 6) is 0.527. The number of hydrogen-bond donors (Lipinski definition) is 0. The van der Waals surface area contributed by atoms with Gasteiger partial charge in [-0.1, -0.05) is 0 Å². The van der Waals surface area contributed by atoms with Crippen molar-refractivity contribution in [3.63, 3.8) is 0 Å². The first-order valence-corrected chi connectivity index (χ1v) is 9.82. The van der Waals surface area contributed by atoms with Gasteiger partial charge in [0.25, 0.3) is 5.91 Å². The molecule has 2 aromatic rings. The topological polar surface area (TPSA) is 59.5 Å². The van der Waals surface area contributed by atoms with Crippen molar-refractivity contribution in [2.45, 2.75) is 30.4 Å². The standard InChI is InChI=1S/C18H22N2O3S2/c1-13-19-15(11-24-13)12-25-16-8-6-14(7-9-16)18(22)20(2)10-4-5-17(21)23-3/h6-9,11H,4-5,10,12H2,1-3H3. The van der Waals surface area contributed by atoms with Gasteiger partial charge in [-0.15, -0.1) is 23.1 Å². The number of benzene rings is 1. The van der Waals surface area contributed by atoms with Crippen LogP contribution in [-0.2, 0) is 15.3 Å². The van der Waals surface area contributed by atoms with Crippen LogP contribution in [0.15, 0.2) is 34.5 Å². The quantitative estimate of drug-likeness (QED) is 0.517. The predicted octanol–water partition coefficient (Wildman–Crippen LogP) is 3.77. The Morgan fingerprint density at radius 1 is 1.28 bits per heavy atom.